The number of esters is 1. The third-order valence-corrected chi connectivity index (χ3v) is 8.33. The molecule has 4 aromatic rings. The molecule has 0 unspecified atom stereocenters. The van der Waals surface area contributed by atoms with Gasteiger partial charge in [0.25, 0.3) is 5.56 Å². The van der Waals surface area contributed by atoms with Crippen LogP contribution in [0.25, 0.3) is 6.08 Å². The number of nitrogens with zero attached hydrogens (tertiary/aromatic N) is 2. The fraction of sp³-hybridized carbons (Fsp3) is 0.167. The van der Waals surface area contributed by atoms with Crippen LogP contribution in [0.2, 0.25) is 15.1 Å². The minimum Gasteiger partial charge on any atom is -0.486 e. The molecular formula is C30H23Cl3N2O4S. The number of hydrogen-bond acceptors (Lipinski definition) is 6. The van der Waals surface area contributed by atoms with Crippen molar-refractivity contribution in [2.45, 2.75) is 26.0 Å². The molecule has 0 amide bonds. The van der Waals surface area contributed by atoms with Crippen molar-refractivity contribution in [3.63, 3.8) is 0 Å². The zero-order chi connectivity index (χ0) is 28.4. The minimum absolute atomic E-state index is 0.193. The monoisotopic (exact) mass is 612 g/mol. The second-order valence-electron chi connectivity index (χ2n) is 8.89. The fourth-order valence-electron chi connectivity index (χ4n) is 4.53. The van der Waals surface area contributed by atoms with Crippen molar-refractivity contribution in [1.82, 2.24) is 4.57 Å². The third-order valence-electron chi connectivity index (χ3n) is 6.41. The molecule has 10 heteroatoms. The van der Waals surface area contributed by atoms with Gasteiger partial charge in [-0.1, -0.05) is 102 Å². The number of rotatable bonds is 7. The van der Waals surface area contributed by atoms with E-state index in [0.29, 0.717) is 53.4 Å². The van der Waals surface area contributed by atoms with E-state index in [1.165, 1.54) is 18.4 Å². The first-order valence-corrected chi connectivity index (χ1v) is 14.3. The Balaban J connectivity index is 1.57. The molecule has 1 atom stereocenters. The summed E-state index contributed by atoms with van der Waals surface area (Å²) >= 11 is 20.5. The van der Waals surface area contributed by atoms with Crippen molar-refractivity contribution in [3.05, 3.63) is 129 Å². The van der Waals surface area contributed by atoms with E-state index in [1.54, 1.807) is 28.8 Å². The number of thiazole rings is 1. The van der Waals surface area contributed by atoms with Gasteiger partial charge in [-0.2, -0.15) is 0 Å². The van der Waals surface area contributed by atoms with Crippen LogP contribution in [0.15, 0.2) is 87.8 Å². The van der Waals surface area contributed by atoms with Gasteiger partial charge in [-0.25, -0.2) is 9.79 Å². The summed E-state index contributed by atoms with van der Waals surface area (Å²) in [4.78, 5) is 31.9. The SMILES string of the molecule is CCC1=C(C(=O)OC)[C@@H](c2ccccc2)n2c(s/c(=C\c3cc(Cl)c(OCc4ccccc4Cl)c(Cl)c3)c2=O)=N1. The Hall–Kier alpha value is -3.36. The molecule has 204 valence electrons. The summed E-state index contributed by atoms with van der Waals surface area (Å²) in [6, 6.07) is 19.4. The second-order valence-corrected chi connectivity index (χ2v) is 11.1. The molecule has 5 rings (SSSR count). The molecule has 1 aliphatic rings. The van der Waals surface area contributed by atoms with Crippen LogP contribution in [0, 0.1) is 0 Å². The maximum Gasteiger partial charge on any atom is 0.338 e. The van der Waals surface area contributed by atoms with Crippen molar-refractivity contribution >= 4 is 58.2 Å². The number of fused-ring (bicyclic) bond motifs is 1. The highest BCUT2D eigenvalue weighted by atomic mass is 35.5. The number of carbonyl (C=O) groups is 1. The Bertz CT molecular complexity index is 1790. The minimum atomic E-state index is -0.672. The highest BCUT2D eigenvalue weighted by Gasteiger charge is 2.33. The largest absolute Gasteiger partial charge is 0.486 e. The molecule has 6 nitrogen and oxygen atoms in total. The van der Waals surface area contributed by atoms with Crippen molar-refractivity contribution in [2.24, 2.45) is 4.99 Å². The van der Waals surface area contributed by atoms with Gasteiger partial charge < -0.3 is 9.47 Å². The highest BCUT2D eigenvalue weighted by molar-refractivity contribution is 7.07. The van der Waals surface area contributed by atoms with Gasteiger partial charge in [0.1, 0.15) is 6.61 Å². The van der Waals surface area contributed by atoms with Crippen molar-refractivity contribution in [1.29, 1.82) is 0 Å². The number of benzene rings is 3. The van der Waals surface area contributed by atoms with E-state index in [9.17, 15) is 9.59 Å². The van der Waals surface area contributed by atoms with E-state index in [4.69, 9.17) is 44.3 Å². The van der Waals surface area contributed by atoms with Gasteiger partial charge in [0.05, 0.1) is 39.0 Å². The van der Waals surface area contributed by atoms with Crippen LogP contribution in [0.4, 0.5) is 0 Å². The average molecular weight is 614 g/mol. The number of methoxy groups -OCH3 is 1. The standard InChI is InChI=1S/C30H23Cl3N2O4S/c1-3-23-25(29(37)38-2)26(18-9-5-4-6-10-18)35-28(36)24(40-30(35)34-23)15-17-13-21(32)27(22(33)14-17)39-16-19-11-7-8-12-20(19)31/h4-15,26H,3,16H2,1-2H3/b24-15-/t26-/m1/s1. The maximum absolute atomic E-state index is 13.8. The second kappa shape index (κ2) is 12.0. The smallest absolute Gasteiger partial charge is 0.338 e. The third kappa shape index (κ3) is 5.47. The quantitative estimate of drug-likeness (QED) is 0.228. The van der Waals surface area contributed by atoms with Crippen molar-refractivity contribution < 1.29 is 14.3 Å². The summed E-state index contributed by atoms with van der Waals surface area (Å²) in [5, 5.41) is 1.17. The Morgan fingerprint density at radius 1 is 1.02 bits per heavy atom. The van der Waals surface area contributed by atoms with E-state index >= 15 is 0 Å². The summed E-state index contributed by atoms with van der Waals surface area (Å²) in [6.07, 6.45) is 2.20. The molecule has 0 aliphatic carbocycles. The number of hydrogen-bond donors (Lipinski definition) is 0. The number of halogens is 3. The zero-order valence-corrected chi connectivity index (χ0v) is 24.6. The van der Waals surface area contributed by atoms with Gasteiger partial charge in [0, 0.05) is 10.6 Å². The number of ether oxygens (including phenoxy) is 2. The number of aromatic nitrogens is 1. The lowest BCUT2D eigenvalue weighted by atomic mass is 9.95. The van der Waals surface area contributed by atoms with Crippen LogP contribution in [0.1, 0.15) is 36.1 Å². The molecule has 40 heavy (non-hydrogen) atoms. The van der Waals surface area contributed by atoms with E-state index in [-0.39, 0.29) is 12.2 Å². The van der Waals surface area contributed by atoms with Gasteiger partial charge in [-0.05, 0) is 41.8 Å². The van der Waals surface area contributed by atoms with E-state index in [2.05, 4.69) is 4.99 Å². The molecular weight excluding hydrogens is 591 g/mol. The van der Waals surface area contributed by atoms with E-state index < -0.39 is 12.0 Å². The van der Waals surface area contributed by atoms with Crippen LogP contribution in [0.3, 0.4) is 0 Å². The lowest BCUT2D eigenvalue weighted by Gasteiger charge is -2.25. The van der Waals surface area contributed by atoms with Gasteiger partial charge >= 0.3 is 5.97 Å². The molecule has 0 spiro atoms. The van der Waals surface area contributed by atoms with Crippen molar-refractivity contribution in [2.75, 3.05) is 7.11 Å². The van der Waals surface area contributed by atoms with Crippen LogP contribution in [-0.2, 0) is 16.1 Å². The molecule has 2 heterocycles. The van der Waals surface area contributed by atoms with E-state index in [0.717, 1.165) is 11.1 Å². The summed E-state index contributed by atoms with van der Waals surface area (Å²) < 4.78 is 12.9. The van der Waals surface area contributed by atoms with Gasteiger partial charge in [-0.3, -0.25) is 9.36 Å². The number of allylic oxidation sites excluding steroid dienone is 1. The lowest BCUT2D eigenvalue weighted by Crippen LogP contribution is -2.40. The number of carbonyl (C=O) groups excluding carboxylic acids is 1. The summed E-state index contributed by atoms with van der Waals surface area (Å²) in [6.45, 7) is 2.11. The Morgan fingerprint density at radius 2 is 1.70 bits per heavy atom. The van der Waals surface area contributed by atoms with E-state index in [1.807, 2.05) is 55.5 Å². The van der Waals surface area contributed by atoms with Crippen molar-refractivity contribution in [3.8, 4) is 5.75 Å². The first-order valence-electron chi connectivity index (χ1n) is 12.4. The highest BCUT2D eigenvalue weighted by Crippen LogP contribution is 2.36. The summed E-state index contributed by atoms with van der Waals surface area (Å²) in [7, 11) is 1.32. The van der Waals surface area contributed by atoms with Crippen LogP contribution in [0.5, 0.6) is 5.75 Å². The predicted octanol–water partition coefficient (Wildman–Crippen LogP) is 6.34. The molecule has 3 aromatic carbocycles. The zero-order valence-electron chi connectivity index (χ0n) is 21.5. The molecule has 0 saturated heterocycles. The molecule has 0 saturated carbocycles. The van der Waals surface area contributed by atoms with Crippen LogP contribution < -0.4 is 19.6 Å². The molecule has 1 aliphatic heterocycles. The topological polar surface area (TPSA) is 69.9 Å². The molecule has 1 aromatic heterocycles. The van der Waals surface area contributed by atoms with Gasteiger partial charge in [-0.15, -0.1) is 0 Å². The molecule has 0 N–H and O–H groups in total. The lowest BCUT2D eigenvalue weighted by molar-refractivity contribution is -0.136. The molecule has 0 radical (unpaired) electrons. The Morgan fingerprint density at radius 3 is 2.35 bits per heavy atom. The summed E-state index contributed by atoms with van der Waals surface area (Å²) in [5.74, 6) is -0.198. The Kier molecular flexibility index (Phi) is 8.47. The first-order chi connectivity index (χ1) is 19.3. The van der Waals surface area contributed by atoms with Gasteiger partial charge in [0.2, 0.25) is 0 Å². The fourth-order valence-corrected chi connectivity index (χ4v) is 6.36. The molecule has 0 fully saturated rings. The van der Waals surface area contributed by atoms with Gasteiger partial charge in [0.15, 0.2) is 10.6 Å². The molecule has 0 bridgehead atoms. The first kappa shape index (κ1) is 28.2. The van der Waals surface area contributed by atoms with Crippen LogP contribution >= 0.6 is 46.1 Å². The average Bonchev–Trinajstić information content (AvgIpc) is 3.26. The normalized spacial score (nSPS) is 15.0. The Labute approximate surface area is 249 Å². The predicted molar refractivity (Wildman–Crippen MR) is 159 cm³/mol. The summed E-state index contributed by atoms with van der Waals surface area (Å²) in [5.41, 5.74) is 2.83. The maximum atomic E-state index is 13.8. The van der Waals surface area contributed by atoms with Crippen LogP contribution in [-0.4, -0.2) is 17.6 Å².